The summed E-state index contributed by atoms with van der Waals surface area (Å²) in [7, 11) is 0. The summed E-state index contributed by atoms with van der Waals surface area (Å²) >= 11 is 1.40. The Balaban J connectivity index is 1.60. The molecule has 1 aliphatic rings. The SMILES string of the molecule is NCc1nc(C(=O)N2CCN(C(=O)c3ccccc3)CC2)cs1. The molecule has 0 radical (unpaired) electrons. The number of benzene rings is 1. The minimum absolute atomic E-state index is 0.0109. The molecule has 0 spiro atoms. The van der Waals surface area contributed by atoms with Crippen molar-refractivity contribution in [1.82, 2.24) is 14.8 Å². The van der Waals surface area contributed by atoms with Crippen molar-refractivity contribution in [3.8, 4) is 0 Å². The maximum absolute atomic E-state index is 12.4. The Morgan fingerprint density at radius 3 is 2.22 bits per heavy atom. The van der Waals surface area contributed by atoms with Crippen LogP contribution in [-0.4, -0.2) is 52.8 Å². The lowest BCUT2D eigenvalue weighted by molar-refractivity contribution is 0.0532. The maximum Gasteiger partial charge on any atom is 0.273 e. The molecule has 23 heavy (non-hydrogen) atoms. The second kappa shape index (κ2) is 6.89. The van der Waals surface area contributed by atoms with Crippen molar-refractivity contribution in [2.75, 3.05) is 26.2 Å². The standard InChI is InChI=1S/C16H18N4O2S/c17-10-14-18-13(11-23-14)16(22)20-8-6-19(7-9-20)15(21)12-4-2-1-3-5-12/h1-5,11H,6-10,17H2. The molecule has 0 unspecified atom stereocenters. The van der Waals surface area contributed by atoms with Crippen LogP contribution in [0.2, 0.25) is 0 Å². The zero-order valence-electron chi connectivity index (χ0n) is 12.6. The van der Waals surface area contributed by atoms with Gasteiger partial charge in [0.1, 0.15) is 10.7 Å². The third kappa shape index (κ3) is 3.40. The Morgan fingerprint density at radius 2 is 1.65 bits per heavy atom. The number of piperazine rings is 1. The molecule has 1 aromatic carbocycles. The summed E-state index contributed by atoms with van der Waals surface area (Å²) in [5.74, 6) is -0.0791. The Hall–Kier alpha value is -2.25. The van der Waals surface area contributed by atoms with Crippen LogP contribution in [0.3, 0.4) is 0 Å². The first-order chi connectivity index (χ1) is 11.2. The lowest BCUT2D eigenvalue weighted by Crippen LogP contribution is -2.50. The van der Waals surface area contributed by atoms with Crippen LogP contribution in [0.1, 0.15) is 25.9 Å². The quantitative estimate of drug-likeness (QED) is 0.917. The number of hydrogen-bond acceptors (Lipinski definition) is 5. The van der Waals surface area contributed by atoms with Crippen molar-refractivity contribution < 1.29 is 9.59 Å². The molecule has 1 saturated heterocycles. The van der Waals surface area contributed by atoms with Gasteiger partial charge in [-0.25, -0.2) is 4.98 Å². The van der Waals surface area contributed by atoms with Crippen molar-refractivity contribution in [2.45, 2.75) is 6.54 Å². The Labute approximate surface area is 138 Å². The maximum atomic E-state index is 12.4. The molecule has 1 aromatic heterocycles. The molecule has 2 amide bonds. The summed E-state index contributed by atoms with van der Waals surface area (Å²) in [6.07, 6.45) is 0. The highest BCUT2D eigenvalue weighted by Gasteiger charge is 2.26. The molecule has 2 N–H and O–H groups in total. The fourth-order valence-electron chi connectivity index (χ4n) is 2.54. The summed E-state index contributed by atoms with van der Waals surface area (Å²) in [4.78, 5) is 32.5. The van der Waals surface area contributed by atoms with Crippen LogP contribution in [0.4, 0.5) is 0 Å². The summed E-state index contributed by atoms with van der Waals surface area (Å²) < 4.78 is 0. The van der Waals surface area contributed by atoms with Gasteiger partial charge in [-0.3, -0.25) is 9.59 Å². The summed E-state index contributed by atoms with van der Waals surface area (Å²) in [5, 5.41) is 2.50. The van der Waals surface area contributed by atoms with Crippen molar-refractivity contribution in [1.29, 1.82) is 0 Å². The minimum Gasteiger partial charge on any atom is -0.335 e. The van der Waals surface area contributed by atoms with E-state index in [-0.39, 0.29) is 11.8 Å². The van der Waals surface area contributed by atoms with E-state index in [1.807, 2.05) is 30.3 Å². The zero-order valence-corrected chi connectivity index (χ0v) is 13.5. The number of aromatic nitrogens is 1. The normalized spacial score (nSPS) is 14.8. The summed E-state index contributed by atoms with van der Waals surface area (Å²) in [6, 6.07) is 9.21. The molecule has 0 atom stereocenters. The molecule has 1 aliphatic heterocycles. The molecule has 0 saturated carbocycles. The number of carbonyl (C=O) groups excluding carboxylic acids is 2. The first-order valence-electron chi connectivity index (χ1n) is 7.47. The van der Waals surface area contributed by atoms with Crippen LogP contribution in [0, 0.1) is 0 Å². The molecule has 7 heteroatoms. The van der Waals surface area contributed by atoms with Crippen LogP contribution in [0.15, 0.2) is 35.7 Å². The lowest BCUT2D eigenvalue weighted by atomic mass is 10.2. The van der Waals surface area contributed by atoms with Gasteiger partial charge in [0.2, 0.25) is 0 Å². The smallest absolute Gasteiger partial charge is 0.273 e. The molecule has 1 fully saturated rings. The van der Waals surface area contributed by atoms with Crippen LogP contribution >= 0.6 is 11.3 Å². The average Bonchev–Trinajstić information content (AvgIpc) is 3.10. The predicted molar refractivity (Wildman–Crippen MR) is 88.3 cm³/mol. The van der Waals surface area contributed by atoms with Crippen LogP contribution in [-0.2, 0) is 6.54 Å². The van der Waals surface area contributed by atoms with E-state index >= 15 is 0 Å². The second-order valence-electron chi connectivity index (χ2n) is 5.28. The molecule has 0 aliphatic carbocycles. The molecular weight excluding hydrogens is 312 g/mol. The van der Waals surface area contributed by atoms with Gasteiger partial charge in [0, 0.05) is 43.7 Å². The fourth-order valence-corrected chi connectivity index (χ4v) is 3.19. The van der Waals surface area contributed by atoms with Gasteiger partial charge in [0.15, 0.2) is 0 Å². The number of carbonyl (C=O) groups is 2. The zero-order chi connectivity index (χ0) is 16.2. The van der Waals surface area contributed by atoms with Gasteiger partial charge in [-0.15, -0.1) is 11.3 Å². The number of nitrogens with two attached hydrogens (primary N) is 1. The van der Waals surface area contributed by atoms with Crippen LogP contribution in [0.5, 0.6) is 0 Å². The van der Waals surface area contributed by atoms with Gasteiger partial charge < -0.3 is 15.5 Å². The number of amides is 2. The Kier molecular flexibility index (Phi) is 4.68. The van der Waals surface area contributed by atoms with Gasteiger partial charge in [-0.1, -0.05) is 18.2 Å². The Bertz CT molecular complexity index is 693. The molecule has 120 valence electrons. The highest BCUT2D eigenvalue weighted by molar-refractivity contribution is 7.09. The van der Waals surface area contributed by atoms with Gasteiger partial charge >= 0.3 is 0 Å². The number of rotatable bonds is 3. The van der Waals surface area contributed by atoms with E-state index in [1.54, 1.807) is 15.2 Å². The van der Waals surface area contributed by atoms with E-state index in [1.165, 1.54) is 11.3 Å². The average molecular weight is 330 g/mol. The minimum atomic E-state index is -0.0900. The molecule has 3 rings (SSSR count). The first-order valence-corrected chi connectivity index (χ1v) is 8.35. The van der Waals surface area contributed by atoms with Crippen LogP contribution in [0.25, 0.3) is 0 Å². The lowest BCUT2D eigenvalue weighted by Gasteiger charge is -2.34. The van der Waals surface area contributed by atoms with E-state index in [0.29, 0.717) is 44.0 Å². The highest BCUT2D eigenvalue weighted by atomic mass is 32.1. The molecular formula is C16H18N4O2S. The summed E-state index contributed by atoms with van der Waals surface area (Å²) in [5.41, 5.74) is 6.65. The van der Waals surface area contributed by atoms with Crippen molar-refractivity contribution in [3.05, 3.63) is 52.0 Å². The second-order valence-corrected chi connectivity index (χ2v) is 6.22. The van der Waals surface area contributed by atoms with Crippen molar-refractivity contribution in [3.63, 3.8) is 0 Å². The topological polar surface area (TPSA) is 79.5 Å². The van der Waals surface area contributed by atoms with E-state index in [0.717, 1.165) is 5.01 Å². The third-order valence-electron chi connectivity index (χ3n) is 3.82. The number of nitrogens with zero attached hydrogens (tertiary/aromatic N) is 3. The van der Waals surface area contributed by atoms with Crippen molar-refractivity contribution in [2.24, 2.45) is 5.73 Å². The third-order valence-corrected chi connectivity index (χ3v) is 4.69. The van der Waals surface area contributed by atoms with Crippen LogP contribution < -0.4 is 5.73 Å². The molecule has 6 nitrogen and oxygen atoms in total. The van der Waals surface area contributed by atoms with E-state index in [4.69, 9.17) is 5.73 Å². The number of thiazole rings is 1. The molecule has 2 heterocycles. The number of hydrogen-bond donors (Lipinski definition) is 1. The van der Waals surface area contributed by atoms with Gasteiger partial charge in [-0.2, -0.15) is 0 Å². The first kappa shape index (κ1) is 15.6. The predicted octanol–water partition coefficient (Wildman–Crippen LogP) is 1.20. The molecule has 2 aromatic rings. The largest absolute Gasteiger partial charge is 0.335 e. The van der Waals surface area contributed by atoms with Crippen molar-refractivity contribution >= 4 is 23.2 Å². The highest BCUT2D eigenvalue weighted by Crippen LogP contribution is 2.14. The molecule has 0 bridgehead atoms. The van der Waals surface area contributed by atoms with Gasteiger partial charge in [-0.05, 0) is 12.1 Å². The monoisotopic (exact) mass is 330 g/mol. The fraction of sp³-hybridized carbons (Fsp3) is 0.312. The van der Waals surface area contributed by atoms with Gasteiger partial charge in [0.25, 0.3) is 11.8 Å². The Morgan fingerprint density at radius 1 is 1.04 bits per heavy atom. The van der Waals surface area contributed by atoms with E-state index in [9.17, 15) is 9.59 Å². The van der Waals surface area contributed by atoms with E-state index in [2.05, 4.69) is 4.98 Å². The van der Waals surface area contributed by atoms with E-state index < -0.39 is 0 Å². The summed E-state index contributed by atoms with van der Waals surface area (Å²) in [6.45, 7) is 2.46. The van der Waals surface area contributed by atoms with Gasteiger partial charge in [0.05, 0.1) is 0 Å².